The molecule has 0 aromatic rings. The van der Waals surface area contributed by atoms with E-state index < -0.39 is 17.6 Å². The van der Waals surface area contributed by atoms with E-state index in [0.717, 1.165) is 38.4 Å². The molecule has 3 rings (SSSR count). The molecule has 3 aliphatic rings. The molecule has 3 nitrogen and oxygen atoms in total. The quantitative estimate of drug-likeness (QED) is 0.583. The second kappa shape index (κ2) is 5.42. The summed E-state index contributed by atoms with van der Waals surface area (Å²) in [4.78, 5) is 12.1. The Balaban J connectivity index is 2.11. The van der Waals surface area contributed by atoms with Gasteiger partial charge in [-0.05, 0) is 67.6 Å². The highest BCUT2D eigenvalue weighted by atomic mass is 16.3. The highest BCUT2D eigenvalue weighted by molar-refractivity contribution is 5.63. The van der Waals surface area contributed by atoms with Crippen LogP contribution >= 0.6 is 0 Å². The Labute approximate surface area is 152 Å². The molecule has 0 bridgehead atoms. The molecule has 0 aromatic carbocycles. The van der Waals surface area contributed by atoms with Crippen LogP contribution in [-0.2, 0) is 4.79 Å². The molecular formula is C22H36O3. The number of carbonyl (C=O) groups is 1. The zero-order valence-corrected chi connectivity index (χ0v) is 16.6. The van der Waals surface area contributed by atoms with Gasteiger partial charge in [0.15, 0.2) is 0 Å². The highest BCUT2D eigenvalue weighted by Crippen LogP contribution is 2.75. The Morgan fingerprint density at radius 1 is 0.920 bits per heavy atom. The molecule has 0 radical (unpaired) electrons. The van der Waals surface area contributed by atoms with Crippen LogP contribution in [0.5, 0.6) is 0 Å². The van der Waals surface area contributed by atoms with Crippen molar-refractivity contribution in [2.45, 2.75) is 85.4 Å². The van der Waals surface area contributed by atoms with Crippen molar-refractivity contribution < 1.29 is 15.0 Å². The molecule has 0 aliphatic heterocycles. The molecule has 142 valence electrons. The van der Waals surface area contributed by atoms with Crippen molar-refractivity contribution >= 4 is 6.29 Å². The van der Waals surface area contributed by atoms with E-state index in [9.17, 15) is 15.0 Å². The number of hydrogen-bond donors (Lipinski definition) is 2. The number of rotatable bonds is 2. The van der Waals surface area contributed by atoms with Gasteiger partial charge in [-0.2, -0.15) is 0 Å². The predicted octanol–water partition coefficient (Wildman–Crippen LogP) is 4.12. The minimum absolute atomic E-state index is 0.0354. The molecule has 8 unspecified atom stereocenters. The van der Waals surface area contributed by atoms with Crippen molar-refractivity contribution in [1.82, 2.24) is 0 Å². The third-order valence-corrected chi connectivity index (χ3v) is 9.95. The van der Waals surface area contributed by atoms with E-state index in [1.54, 1.807) is 0 Å². The molecule has 3 saturated carbocycles. The maximum absolute atomic E-state index is 12.1. The van der Waals surface area contributed by atoms with Crippen molar-refractivity contribution in [3.05, 3.63) is 12.7 Å². The van der Waals surface area contributed by atoms with Crippen LogP contribution in [0, 0.1) is 33.0 Å². The lowest BCUT2D eigenvalue weighted by Crippen LogP contribution is -2.69. The second-order valence-corrected chi connectivity index (χ2v) is 10.4. The zero-order chi connectivity index (χ0) is 18.9. The van der Waals surface area contributed by atoms with Gasteiger partial charge in [0.05, 0.1) is 17.6 Å². The first kappa shape index (κ1) is 19.1. The van der Waals surface area contributed by atoms with E-state index in [4.69, 9.17) is 0 Å². The molecule has 3 aliphatic carbocycles. The van der Waals surface area contributed by atoms with Crippen molar-refractivity contribution in [3.8, 4) is 0 Å². The number of aliphatic hydroxyl groups is 2. The van der Waals surface area contributed by atoms with E-state index in [-0.39, 0.29) is 21.7 Å². The summed E-state index contributed by atoms with van der Waals surface area (Å²) >= 11 is 0. The lowest BCUT2D eigenvalue weighted by molar-refractivity contribution is -0.260. The Kier molecular flexibility index (Phi) is 4.14. The van der Waals surface area contributed by atoms with Crippen LogP contribution < -0.4 is 0 Å². The summed E-state index contributed by atoms with van der Waals surface area (Å²) in [7, 11) is 0. The first-order chi connectivity index (χ1) is 11.4. The molecule has 3 fully saturated rings. The maximum Gasteiger partial charge on any atom is 0.129 e. The van der Waals surface area contributed by atoms with Gasteiger partial charge in [0.2, 0.25) is 0 Å². The van der Waals surface area contributed by atoms with Crippen LogP contribution in [0.15, 0.2) is 12.7 Å². The first-order valence-electron chi connectivity index (χ1n) is 9.90. The van der Waals surface area contributed by atoms with Gasteiger partial charge in [0.1, 0.15) is 6.29 Å². The largest absolute Gasteiger partial charge is 0.392 e. The number of carbonyl (C=O) groups excluding carboxylic acids is 1. The van der Waals surface area contributed by atoms with E-state index in [0.29, 0.717) is 12.3 Å². The van der Waals surface area contributed by atoms with E-state index in [1.807, 2.05) is 13.0 Å². The maximum atomic E-state index is 12.1. The van der Waals surface area contributed by atoms with Gasteiger partial charge < -0.3 is 15.0 Å². The molecular weight excluding hydrogens is 312 g/mol. The summed E-state index contributed by atoms with van der Waals surface area (Å²) in [6.45, 7) is 15.0. The van der Waals surface area contributed by atoms with Crippen LogP contribution in [0.3, 0.4) is 0 Å². The number of fused-ring (bicyclic) bond motifs is 3. The zero-order valence-electron chi connectivity index (χ0n) is 16.6. The van der Waals surface area contributed by atoms with Crippen molar-refractivity contribution in [1.29, 1.82) is 0 Å². The third kappa shape index (κ3) is 2.03. The summed E-state index contributed by atoms with van der Waals surface area (Å²) in [6.07, 6.45) is 7.28. The monoisotopic (exact) mass is 348 g/mol. The lowest BCUT2D eigenvalue weighted by Gasteiger charge is -2.72. The number of aliphatic hydroxyl groups excluding tert-OH is 2. The van der Waals surface area contributed by atoms with Gasteiger partial charge in [-0.15, -0.1) is 6.58 Å². The number of hydrogen-bond acceptors (Lipinski definition) is 3. The molecule has 8 atom stereocenters. The Morgan fingerprint density at radius 3 is 2.08 bits per heavy atom. The summed E-state index contributed by atoms with van der Waals surface area (Å²) < 4.78 is 0. The van der Waals surface area contributed by atoms with Gasteiger partial charge in [-0.25, -0.2) is 0 Å². The fourth-order valence-electron chi connectivity index (χ4n) is 7.11. The van der Waals surface area contributed by atoms with Gasteiger partial charge in [-0.3, -0.25) is 0 Å². The SMILES string of the molecule is C=CC1(C)CC2CCC3(C)C(C)(C=O)C(O)CCC3(C)C2(C)CC1O. The molecule has 0 amide bonds. The Morgan fingerprint density at radius 2 is 1.52 bits per heavy atom. The Bertz CT molecular complexity index is 588. The van der Waals surface area contributed by atoms with Crippen LogP contribution in [-0.4, -0.2) is 28.7 Å². The van der Waals surface area contributed by atoms with Gasteiger partial charge in [0.25, 0.3) is 0 Å². The highest BCUT2D eigenvalue weighted by Gasteiger charge is 2.71. The van der Waals surface area contributed by atoms with Crippen LogP contribution in [0.2, 0.25) is 0 Å². The summed E-state index contributed by atoms with van der Waals surface area (Å²) in [5.74, 6) is 0.517. The number of aldehydes is 1. The first-order valence-corrected chi connectivity index (χ1v) is 9.90. The Hall–Kier alpha value is -0.670. The molecule has 3 heteroatoms. The third-order valence-electron chi connectivity index (χ3n) is 9.95. The molecule has 0 spiro atoms. The standard InChI is InChI=1S/C22H36O3/c1-7-18(2)12-15-8-10-22(6)20(4,14-23)16(24)9-11-21(22,5)19(15,3)13-17(18)25/h7,14-17,24-25H,1,8-13H2,2-6H3. The summed E-state index contributed by atoms with van der Waals surface area (Å²) in [5, 5.41) is 21.7. The van der Waals surface area contributed by atoms with Gasteiger partial charge in [-0.1, -0.05) is 33.8 Å². The van der Waals surface area contributed by atoms with E-state index in [1.165, 1.54) is 0 Å². The van der Waals surface area contributed by atoms with Gasteiger partial charge >= 0.3 is 0 Å². The molecule has 2 N–H and O–H groups in total. The predicted molar refractivity (Wildman–Crippen MR) is 100 cm³/mol. The van der Waals surface area contributed by atoms with Crippen molar-refractivity contribution in [3.63, 3.8) is 0 Å². The summed E-state index contributed by atoms with van der Waals surface area (Å²) in [6, 6.07) is 0. The average Bonchev–Trinajstić information content (AvgIpc) is 2.57. The van der Waals surface area contributed by atoms with Crippen LogP contribution in [0.1, 0.15) is 73.1 Å². The van der Waals surface area contributed by atoms with E-state index in [2.05, 4.69) is 34.3 Å². The molecule has 0 heterocycles. The second-order valence-electron chi connectivity index (χ2n) is 10.4. The molecule has 0 aromatic heterocycles. The molecule has 0 saturated heterocycles. The average molecular weight is 349 g/mol. The minimum atomic E-state index is -0.724. The van der Waals surface area contributed by atoms with Crippen molar-refractivity contribution in [2.24, 2.45) is 33.0 Å². The topological polar surface area (TPSA) is 57.5 Å². The normalized spacial score (nSPS) is 58.8. The van der Waals surface area contributed by atoms with Crippen LogP contribution in [0.4, 0.5) is 0 Å². The smallest absolute Gasteiger partial charge is 0.129 e. The minimum Gasteiger partial charge on any atom is -0.392 e. The fraction of sp³-hybridized carbons (Fsp3) is 0.864. The fourth-order valence-corrected chi connectivity index (χ4v) is 7.11. The lowest BCUT2D eigenvalue weighted by atomic mass is 9.32. The van der Waals surface area contributed by atoms with Gasteiger partial charge in [0, 0.05) is 5.41 Å². The van der Waals surface area contributed by atoms with Crippen LogP contribution in [0.25, 0.3) is 0 Å². The van der Waals surface area contributed by atoms with Crippen molar-refractivity contribution in [2.75, 3.05) is 0 Å². The summed E-state index contributed by atoms with van der Waals surface area (Å²) in [5.41, 5.74) is -1.32. The molecule has 25 heavy (non-hydrogen) atoms. The van der Waals surface area contributed by atoms with E-state index >= 15 is 0 Å².